The Morgan fingerprint density at radius 3 is 3.00 bits per heavy atom. The summed E-state index contributed by atoms with van der Waals surface area (Å²) < 4.78 is 11.2. The lowest BCUT2D eigenvalue weighted by molar-refractivity contribution is 0.0517. The van der Waals surface area contributed by atoms with E-state index in [1.807, 2.05) is 26.8 Å². The molecule has 1 fully saturated rings. The highest BCUT2D eigenvalue weighted by Crippen LogP contribution is 2.31. The highest BCUT2D eigenvalue weighted by atomic mass is 32.1. The molecular formula is C18H25N3O2S. The Balaban J connectivity index is 1.59. The third-order valence-electron chi connectivity index (χ3n) is 4.11. The number of carbonyl (C=O) groups excluding carboxylic acids is 1. The topological polar surface area (TPSA) is 54.5 Å². The lowest BCUT2D eigenvalue weighted by Crippen LogP contribution is -2.42. The standard InChI is InChI=1S/C18H25N3O2S/c1-18(2,3)23-17(22)19-11-13-7-6-10-21(12-13)16-14-8-4-5-9-15(14)24-20-16/h4-5,8-9,13H,6-7,10-12H2,1-3H3,(H,19,22). The largest absolute Gasteiger partial charge is 0.444 e. The van der Waals surface area contributed by atoms with Gasteiger partial charge in [-0.3, -0.25) is 0 Å². The first-order chi connectivity index (χ1) is 11.4. The average Bonchev–Trinajstić information content (AvgIpc) is 2.96. The molecule has 24 heavy (non-hydrogen) atoms. The second-order valence-electron chi connectivity index (χ2n) is 7.34. The second kappa shape index (κ2) is 6.97. The first-order valence-corrected chi connectivity index (χ1v) is 9.26. The number of fused-ring (bicyclic) bond motifs is 1. The summed E-state index contributed by atoms with van der Waals surface area (Å²) in [4.78, 5) is 14.2. The summed E-state index contributed by atoms with van der Waals surface area (Å²) >= 11 is 1.55. The summed E-state index contributed by atoms with van der Waals surface area (Å²) in [5.74, 6) is 1.50. The number of hydrogen-bond donors (Lipinski definition) is 1. The molecule has 0 saturated carbocycles. The number of amides is 1. The number of piperidine rings is 1. The van der Waals surface area contributed by atoms with Crippen molar-refractivity contribution in [2.75, 3.05) is 24.5 Å². The van der Waals surface area contributed by atoms with E-state index in [0.717, 1.165) is 31.7 Å². The van der Waals surface area contributed by atoms with Crippen molar-refractivity contribution in [2.45, 2.75) is 39.2 Å². The van der Waals surface area contributed by atoms with Crippen molar-refractivity contribution in [1.29, 1.82) is 0 Å². The Kier molecular flexibility index (Phi) is 4.94. The third kappa shape index (κ3) is 4.17. The fourth-order valence-electron chi connectivity index (χ4n) is 3.07. The van der Waals surface area contributed by atoms with E-state index in [-0.39, 0.29) is 6.09 Å². The number of benzene rings is 1. The molecule has 1 amide bonds. The Labute approximate surface area is 147 Å². The zero-order valence-electron chi connectivity index (χ0n) is 14.5. The molecule has 0 bridgehead atoms. The van der Waals surface area contributed by atoms with Crippen LogP contribution in [0.25, 0.3) is 10.1 Å². The Bertz CT molecular complexity index is 708. The first kappa shape index (κ1) is 17.0. The van der Waals surface area contributed by atoms with Crippen molar-refractivity contribution in [3.63, 3.8) is 0 Å². The van der Waals surface area contributed by atoms with E-state index in [4.69, 9.17) is 4.74 Å². The molecule has 1 aromatic carbocycles. The predicted molar refractivity (Wildman–Crippen MR) is 98.8 cm³/mol. The summed E-state index contributed by atoms with van der Waals surface area (Å²) in [6.45, 7) is 8.22. The first-order valence-electron chi connectivity index (χ1n) is 8.48. The number of rotatable bonds is 3. The van der Waals surface area contributed by atoms with Gasteiger partial charge in [0.05, 0.1) is 4.70 Å². The molecule has 1 N–H and O–H groups in total. The number of hydrogen-bond acceptors (Lipinski definition) is 5. The van der Waals surface area contributed by atoms with Gasteiger partial charge in [0, 0.05) is 25.0 Å². The summed E-state index contributed by atoms with van der Waals surface area (Å²) in [7, 11) is 0. The van der Waals surface area contributed by atoms with Gasteiger partial charge >= 0.3 is 6.09 Å². The van der Waals surface area contributed by atoms with E-state index in [1.165, 1.54) is 10.1 Å². The van der Waals surface area contributed by atoms with Gasteiger partial charge in [0.15, 0.2) is 0 Å². The van der Waals surface area contributed by atoms with Crippen molar-refractivity contribution in [3.8, 4) is 0 Å². The molecule has 0 aliphatic carbocycles. The zero-order valence-corrected chi connectivity index (χ0v) is 15.4. The van der Waals surface area contributed by atoms with Gasteiger partial charge in [-0.25, -0.2) is 4.79 Å². The SMILES string of the molecule is CC(C)(C)OC(=O)NCC1CCCN(c2nsc3ccccc23)C1. The molecule has 1 aliphatic heterocycles. The maximum atomic E-state index is 11.8. The molecule has 5 nitrogen and oxygen atoms in total. The van der Waals surface area contributed by atoms with Crippen LogP contribution < -0.4 is 10.2 Å². The molecule has 1 aliphatic rings. The maximum absolute atomic E-state index is 11.8. The van der Waals surface area contributed by atoms with Crippen LogP contribution in [0.3, 0.4) is 0 Å². The van der Waals surface area contributed by atoms with Crippen LogP contribution in [0.1, 0.15) is 33.6 Å². The van der Waals surface area contributed by atoms with Crippen LogP contribution in [-0.2, 0) is 4.74 Å². The van der Waals surface area contributed by atoms with Crippen LogP contribution in [0.5, 0.6) is 0 Å². The van der Waals surface area contributed by atoms with Crippen molar-refractivity contribution in [2.24, 2.45) is 5.92 Å². The number of carbonyl (C=O) groups is 1. The number of anilines is 1. The molecule has 1 unspecified atom stereocenters. The number of ether oxygens (including phenoxy) is 1. The van der Waals surface area contributed by atoms with Crippen LogP contribution in [0, 0.1) is 5.92 Å². The fourth-order valence-corrected chi connectivity index (χ4v) is 3.86. The Hall–Kier alpha value is -1.82. The molecule has 6 heteroatoms. The molecule has 1 atom stereocenters. The van der Waals surface area contributed by atoms with Crippen molar-refractivity contribution >= 4 is 33.5 Å². The minimum absolute atomic E-state index is 0.335. The van der Waals surface area contributed by atoms with Crippen molar-refractivity contribution in [3.05, 3.63) is 24.3 Å². The van der Waals surface area contributed by atoms with E-state index in [9.17, 15) is 4.79 Å². The van der Waals surface area contributed by atoms with E-state index >= 15 is 0 Å². The fraction of sp³-hybridized carbons (Fsp3) is 0.556. The highest BCUT2D eigenvalue weighted by molar-refractivity contribution is 7.13. The van der Waals surface area contributed by atoms with Crippen molar-refractivity contribution < 1.29 is 9.53 Å². The Morgan fingerprint density at radius 2 is 2.21 bits per heavy atom. The normalized spacial score (nSPS) is 18.6. The summed E-state index contributed by atoms with van der Waals surface area (Å²) in [6.07, 6.45) is 1.90. The van der Waals surface area contributed by atoms with Gasteiger partial charge in [0.25, 0.3) is 0 Å². The van der Waals surface area contributed by atoms with Gasteiger partial charge < -0.3 is 15.0 Å². The van der Waals surface area contributed by atoms with Gasteiger partial charge in [0.1, 0.15) is 11.4 Å². The second-order valence-corrected chi connectivity index (χ2v) is 8.14. The van der Waals surface area contributed by atoms with Crippen LogP contribution in [0.15, 0.2) is 24.3 Å². The lowest BCUT2D eigenvalue weighted by Gasteiger charge is -2.33. The smallest absolute Gasteiger partial charge is 0.407 e. The average molecular weight is 347 g/mol. The molecule has 2 aromatic rings. The number of aromatic nitrogens is 1. The molecule has 130 valence electrons. The van der Waals surface area contributed by atoms with Gasteiger partial charge in [-0.15, -0.1) is 0 Å². The lowest BCUT2D eigenvalue weighted by atomic mass is 9.98. The molecule has 1 saturated heterocycles. The van der Waals surface area contributed by atoms with Crippen LogP contribution >= 0.6 is 11.5 Å². The molecule has 3 rings (SSSR count). The molecule has 0 radical (unpaired) electrons. The summed E-state index contributed by atoms with van der Waals surface area (Å²) in [5.41, 5.74) is -0.456. The van der Waals surface area contributed by atoms with Gasteiger partial charge in [-0.1, -0.05) is 12.1 Å². The van der Waals surface area contributed by atoms with Gasteiger partial charge in [-0.05, 0) is 63.2 Å². The summed E-state index contributed by atoms with van der Waals surface area (Å²) in [6, 6.07) is 8.36. The van der Waals surface area contributed by atoms with Crippen molar-refractivity contribution in [1.82, 2.24) is 9.69 Å². The quantitative estimate of drug-likeness (QED) is 0.910. The molecule has 1 aromatic heterocycles. The maximum Gasteiger partial charge on any atom is 0.407 e. The van der Waals surface area contributed by atoms with E-state index < -0.39 is 5.60 Å². The van der Waals surface area contributed by atoms with Crippen LogP contribution in [0.2, 0.25) is 0 Å². The molecular weight excluding hydrogens is 322 g/mol. The summed E-state index contributed by atoms with van der Waals surface area (Å²) in [5, 5.41) is 4.13. The van der Waals surface area contributed by atoms with Crippen LogP contribution in [-0.4, -0.2) is 35.7 Å². The van der Waals surface area contributed by atoms with E-state index in [2.05, 4.69) is 32.8 Å². The van der Waals surface area contributed by atoms with Crippen LogP contribution in [0.4, 0.5) is 10.6 Å². The van der Waals surface area contributed by atoms with E-state index in [1.54, 1.807) is 11.5 Å². The van der Waals surface area contributed by atoms with Gasteiger partial charge in [-0.2, -0.15) is 4.37 Å². The number of alkyl carbamates (subject to hydrolysis) is 1. The zero-order chi connectivity index (χ0) is 17.2. The van der Waals surface area contributed by atoms with E-state index in [0.29, 0.717) is 12.5 Å². The third-order valence-corrected chi connectivity index (χ3v) is 4.93. The monoisotopic (exact) mass is 347 g/mol. The Morgan fingerprint density at radius 1 is 1.42 bits per heavy atom. The predicted octanol–water partition coefficient (Wildman–Crippen LogP) is 4.04. The number of nitrogens with one attached hydrogen (secondary N) is 1. The minimum atomic E-state index is -0.456. The molecule has 0 spiro atoms. The highest BCUT2D eigenvalue weighted by Gasteiger charge is 2.24. The minimum Gasteiger partial charge on any atom is -0.444 e. The van der Waals surface area contributed by atoms with Gasteiger partial charge in [0.2, 0.25) is 0 Å². The number of nitrogens with zero attached hydrogens (tertiary/aromatic N) is 2. The molecule has 2 heterocycles.